The number of hydrogen-bond donors (Lipinski definition) is 0. The van der Waals surface area contributed by atoms with E-state index in [1.807, 2.05) is 0 Å². The summed E-state index contributed by atoms with van der Waals surface area (Å²) in [6.07, 6.45) is 1.05. The van der Waals surface area contributed by atoms with E-state index in [9.17, 15) is 0 Å². The molecule has 5 aromatic rings. The number of fused-ring (bicyclic) bond motifs is 2. The van der Waals surface area contributed by atoms with Crippen LogP contribution in [0.4, 0.5) is 0 Å². The number of alkyl halides is 1. The first-order valence-corrected chi connectivity index (χ1v) is 9.14. The van der Waals surface area contributed by atoms with Crippen molar-refractivity contribution in [3.05, 3.63) is 72.3 Å². The molecule has 0 aliphatic carbocycles. The predicted molar refractivity (Wildman–Crippen MR) is 105 cm³/mol. The molecule has 0 fully saturated rings. The van der Waals surface area contributed by atoms with Crippen LogP contribution in [0.1, 0.15) is 5.56 Å². The minimum Gasteiger partial charge on any atom is -0.0924 e. The molecule has 5 aromatic carbocycles. The highest BCUT2D eigenvalue weighted by atomic mass is 79.9. The first kappa shape index (κ1) is 13.3. The van der Waals surface area contributed by atoms with Crippen molar-refractivity contribution < 1.29 is 0 Å². The van der Waals surface area contributed by atoms with Gasteiger partial charge in [-0.15, -0.1) is 0 Å². The molecule has 1 heteroatoms. The van der Waals surface area contributed by atoms with Gasteiger partial charge in [-0.2, -0.15) is 0 Å². The molecule has 0 heterocycles. The van der Waals surface area contributed by atoms with Crippen molar-refractivity contribution in [3.8, 4) is 0 Å². The zero-order valence-electron chi connectivity index (χ0n) is 12.6. The standard InChI is InChI=1S/C22H15Br/c23-13-12-18-16-6-1-2-7-17(16)19-10-8-14-4-3-5-15-9-11-20(18)22(19)21(14)15/h1-11H,12-13H2. The van der Waals surface area contributed by atoms with E-state index >= 15 is 0 Å². The van der Waals surface area contributed by atoms with Gasteiger partial charge in [0, 0.05) is 5.33 Å². The molecule has 0 N–H and O–H groups in total. The Balaban J connectivity index is 2.16. The molecule has 0 aromatic heterocycles. The van der Waals surface area contributed by atoms with Crippen molar-refractivity contribution in [1.29, 1.82) is 0 Å². The van der Waals surface area contributed by atoms with Gasteiger partial charge in [0.15, 0.2) is 0 Å². The third kappa shape index (κ3) is 1.77. The summed E-state index contributed by atoms with van der Waals surface area (Å²) in [6, 6.07) is 24.6. The first-order chi connectivity index (χ1) is 11.4. The SMILES string of the molecule is BrCCc1c2ccccc2c2ccc3cccc4ccc1c2c43. The van der Waals surface area contributed by atoms with Crippen LogP contribution < -0.4 is 0 Å². The molecular weight excluding hydrogens is 344 g/mol. The summed E-state index contributed by atoms with van der Waals surface area (Å²) in [6.45, 7) is 0. The van der Waals surface area contributed by atoms with Crippen molar-refractivity contribution in [2.24, 2.45) is 0 Å². The maximum Gasteiger partial charge on any atom is 0.00722 e. The first-order valence-electron chi connectivity index (χ1n) is 8.01. The van der Waals surface area contributed by atoms with Gasteiger partial charge in [-0.25, -0.2) is 0 Å². The van der Waals surface area contributed by atoms with E-state index in [0.29, 0.717) is 0 Å². The molecule has 0 aliphatic rings. The van der Waals surface area contributed by atoms with Crippen LogP contribution in [-0.2, 0) is 6.42 Å². The van der Waals surface area contributed by atoms with E-state index in [2.05, 4.69) is 82.7 Å². The highest BCUT2D eigenvalue weighted by molar-refractivity contribution is 9.09. The third-order valence-electron chi connectivity index (χ3n) is 4.99. The second-order valence-corrected chi connectivity index (χ2v) is 6.94. The van der Waals surface area contributed by atoms with Crippen molar-refractivity contribution in [2.45, 2.75) is 6.42 Å². The maximum atomic E-state index is 3.64. The monoisotopic (exact) mass is 358 g/mol. The van der Waals surface area contributed by atoms with Gasteiger partial charge < -0.3 is 0 Å². The molecule has 5 rings (SSSR count). The summed E-state index contributed by atoms with van der Waals surface area (Å²) in [4.78, 5) is 0. The van der Waals surface area contributed by atoms with E-state index < -0.39 is 0 Å². The zero-order chi connectivity index (χ0) is 15.4. The van der Waals surface area contributed by atoms with Crippen LogP contribution in [0.15, 0.2) is 66.7 Å². The van der Waals surface area contributed by atoms with E-state index in [0.717, 1.165) is 11.8 Å². The average molecular weight is 359 g/mol. The summed E-state index contributed by atoms with van der Waals surface area (Å²) in [5, 5.41) is 12.0. The summed E-state index contributed by atoms with van der Waals surface area (Å²) >= 11 is 3.64. The topological polar surface area (TPSA) is 0 Å². The number of benzene rings is 5. The van der Waals surface area contributed by atoms with Crippen LogP contribution in [-0.4, -0.2) is 5.33 Å². The van der Waals surface area contributed by atoms with Gasteiger partial charge in [0.25, 0.3) is 0 Å². The van der Waals surface area contributed by atoms with Gasteiger partial charge >= 0.3 is 0 Å². The zero-order valence-corrected chi connectivity index (χ0v) is 14.2. The predicted octanol–water partition coefficient (Wildman–Crippen LogP) is 6.67. The van der Waals surface area contributed by atoms with Gasteiger partial charge in [-0.3, -0.25) is 0 Å². The lowest BCUT2D eigenvalue weighted by atomic mass is 9.87. The van der Waals surface area contributed by atoms with Crippen molar-refractivity contribution in [1.82, 2.24) is 0 Å². The fourth-order valence-corrected chi connectivity index (χ4v) is 4.45. The fraction of sp³-hybridized carbons (Fsp3) is 0.0909. The Morgan fingerprint density at radius 3 is 2.00 bits per heavy atom. The van der Waals surface area contributed by atoms with E-state index in [4.69, 9.17) is 0 Å². The van der Waals surface area contributed by atoms with E-state index in [-0.39, 0.29) is 0 Å². The summed E-state index contributed by atoms with van der Waals surface area (Å²) < 4.78 is 0. The minimum atomic E-state index is 0.987. The Bertz CT molecular complexity index is 1150. The highest BCUT2D eigenvalue weighted by Crippen LogP contribution is 2.40. The molecule has 0 spiro atoms. The minimum absolute atomic E-state index is 0.987. The quantitative estimate of drug-likeness (QED) is 0.187. The number of halogens is 1. The molecule has 23 heavy (non-hydrogen) atoms. The summed E-state index contributed by atoms with van der Waals surface area (Å²) in [7, 11) is 0. The van der Waals surface area contributed by atoms with Gasteiger partial charge in [-0.05, 0) is 55.1 Å². The normalized spacial score (nSPS) is 12.0. The molecule has 0 aliphatic heterocycles. The number of aryl methyl sites for hydroxylation is 1. The number of hydrogen-bond acceptors (Lipinski definition) is 0. The molecule has 110 valence electrons. The molecule has 0 radical (unpaired) electrons. The Hall–Kier alpha value is -2.12. The molecular formula is C22H15Br. The highest BCUT2D eigenvalue weighted by Gasteiger charge is 2.14. The third-order valence-corrected chi connectivity index (χ3v) is 5.39. The fourth-order valence-electron chi connectivity index (χ4n) is 4.05. The molecule has 0 saturated carbocycles. The van der Waals surface area contributed by atoms with Crippen molar-refractivity contribution >= 4 is 59.0 Å². The van der Waals surface area contributed by atoms with Crippen LogP contribution in [0.5, 0.6) is 0 Å². The van der Waals surface area contributed by atoms with Crippen LogP contribution in [0, 0.1) is 0 Å². The maximum absolute atomic E-state index is 3.64. The van der Waals surface area contributed by atoms with Crippen LogP contribution in [0.3, 0.4) is 0 Å². The smallest absolute Gasteiger partial charge is 0.00722 e. The van der Waals surface area contributed by atoms with Crippen LogP contribution >= 0.6 is 15.9 Å². The second-order valence-electron chi connectivity index (χ2n) is 6.14. The largest absolute Gasteiger partial charge is 0.0924 e. The van der Waals surface area contributed by atoms with Crippen LogP contribution in [0.25, 0.3) is 43.1 Å². The summed E-state index contributed by atoms with van der Waals surface area (Å²) in [5.74, 6) is 0. The molecule has 0 nitrogen and oxygen atoms in total. The van der Waals surface area contributed by atoms with E-state index in [1.54, 1.807) is 0 Å². The van der Waals surface area contributed by atoms with Gasteiger partial charge in [0.1, 0.15) is 0 Å². The lowest BCUT2D eigenvalue weighted by Crippen LogP contribution is -1.94. The van der Waals surface area contributed by atoms with Crippen molar-refractivity contribution in [2.75, 3.05) is 5.33 Å². The molecule has 0 amide bonds. The van der Waals surface area contributed by atoms with Crippen LogP contribution in [0.2, 0.25) is 0 Å². The average Bonchev–Trinajstić information content (AvgIpc) is 2.61. The molecule has 0 unspecified atom stereocenters. The second kappa shape index (κ2) is 4.94. The lowest BCUT2D eigenvalue weighted by Gasteiger charge is -2.17. The lowest BCUT2D eigenvalue weighted by molar-refractivity contribution is 1.21. The Kier molecular flexibility index (Phi) is 2.86. The van der Waals surface area contributed by atoms with Gasteiger partial charge in [0.2, 0.25) is 0 Å². The Morgan fingerprint density at radius 1 is 0.565 bits per heavy atom. The number of rotatable bonds is 2. The Morgan fingerprint density at radius 2 is 1.26 bits per heavy atom. The molecule has 0 saturated heterocycles. The van der Waals surface area contributed by atoms with Gasteiger partial charge in [0.05, 0.1) is 0 Å². The van der Waals surface area contributed by atoms with E-state index in [1.165, 1.54) is 48.7 Å². The Labute approximate surface area is 143 Å². The van der Waals surface area contributed by atoms with Crippen molar-refractivity contribution in [3.63, 3.8) is 0 Å². The molecule has 0 atom stereocenters. The summed E-state index contributed by atoms with van der Waals surface area (Å²) in [5.41, 5.74) is 1.46. The molecule has 0 bridgehead atoms. The van der Waals surface area contributed by atoms with Gasteiger partial charge in [-0.1, -0.05) is 82.7 Å².